The van der Waals surface area contributed by atoms with Gasteiger partial charge < -0.3 is 9.73 Å². The molecule has 226 valence electrons. The van der Waals surface area contributed by atoms with Gasteiger partial charge in [0.1, 0.15) is 12.1 Å². The molecule has 0 aliphatic rings. The summed E-state index contributed by atoms with van der Waals surface area (Å²) in [5.74, 6) is 1.39. The summed E-state index contributed by atoms with van der Waals surface area (Å²) in [6.07, 6.45) is 2.71. The molecule has 45 heavy (non-hydrogen) atoms. The van der Waals surface area contributed by atoms with Gasteiger partial charge >= 0.3 is 0 Å². The van der Waals surface area contributed by atoms with Gasteiger partial charge in [-0.2, -0.15) is 0 Å². The highest BCUT2D eigenvalue weighted by Crippen LogP contribution is 2.30. The van der Waals surface area contributed by atoms with Crippen molar-refractivity contribution in [3.63, 3.8) is 0 Å². The van der Waals surface area contributed by atoms with Crippen LogP contribution in [0.1, 0.15) is 51.2 Å². The SMILES string of the molecule is O=C(NCCC(c1ccccc1)c1ccccc1)c1coc(CSc2nnc(Cc3ccccc3)n2-c2ccc(Cl)c(Cl)c2)n1. The van der Waals surface area contributed by atoms with E-state index >= 15 is 0 Å². The minimum atomic E-state index is -0.279. The van der Waals surface area contributed by atoms with Crippen LogP contribution in [0.2, 0.25) is 10.0 Å². The molecule has 10 heteroatoms. The molecule has 0 aliphatic carbocycles. The second-order valence-electron chi connectivity index (χ2n) is 10.3. The average molecular weight is 655 g/mol. The van der Waals surface area contributed by atoms with E-state index in [1.54, 1.807) is 12.1 Å². The lowest BCUT2D eigenvalue weighted by Crippen LogP contribution is -2.26. The van der Waals surface area contributed by atoms with Crippen LogP contribution in [0.25, 0.3) is 5.69 Å². The Kier molecular flexibility index (Phi) is 9.95. The molecule has 0 fully saturated rings. The van der Waals surface area contributed by atoms with E-state index < -0.39 is 0 Å². The second-order valence-corrected chi connectivity index (χ2v) is 12.1. The first-order chi connectivity index (χ1) is 22.0. The number of benzene rings is 4. The molecular formula is C35H29Cl2N5O2S. The highest BCUT2D eigenvalue weighted by atomic mass is 35.5. The normalized spacial score (nSPS) is 11.2. The molecule has 0 unspecified atom stereocenters. The lowest BCUT2D eigenvalue weighted by atomic mass is 9.88. The predicted octanol–water partition coefficient (Wildman–Crippen LogP) is 8.40. The van der Waals surface area contributed by atoms with Gasteiger partial charge in [-0.1, -0.05) is 126 Å². The van der Waals surface area contributed by atoms with Crippen LogP contribution in [-0.2, 0) is 12.2 Å². The molecule has 6 rings (SSSR count). The van der Waals surface area contributed by atoms with Crippen molar-refractivity contribution < 1.29 is 9.21 Å². The second kappa shape index (κ2) is 14.6. The van der Waals surface area contributed by atoms with Gasteiger partial charge in [0, 0.05) is 18.9 Å². The van der Waals surface area contributed by atoms with Crippen LogP contribution >= 0.6 is 35.0 Å². The number of oxazole rings is 1. The molecule has 4 aromatic carbocycles. The summed E-state index contributed by atoms with van der Waals surface area (Å²) in [5.41, 5.74) is 4.54. The third kappa shape index (κ3) is 7.65. The Morgan fingerprint density at radius 1 is 0.844 bits per heavy atom. The van der Waals surface area contributed by atoms with Crippen LogP contribution < -0.4 is 5.32 Å². The molecular weight excluding hydrogens is 625 g/mol. The van der Waals surface area contributed by atoms with Crippen LogP contribution in [0.3, 0.4) is 0 Å². The van der Waals surface area contributed by atoms with Gasteiger partial charge in [-0.15, -0.1) is 10.2 Å². The maximum Gasteiger partial charge on any atom is 0.273 e. The summed E-state index contributed by atoms with van der Waals surface area (Å²) in [5, 5.41) is 13.5. The molecule has 0 atom stereocenters. The number of halogens is 2. The average Bonchev–Trinajstić information content (AvgIpc) is 3.72. The molecule has 2 aromatic heterocycles. The van der Waals surface area contributed by atoms with E-state index in [1.807, 2.05) is 77.4 Å². The Bertz CT molecular complexity index is 1820. The zero-order chi connectivity index (χ0) is 31.0. The maximum absolute atomic E-state index is 13.0. The highest BCUT2D eigenvalue weighted by molar-refractivity contribution is 7.98. The quantitative estimate of drug-likeness (QED) is 0.134. The number of carbonyl (C=O) groups is 1. The van der Waals surface area contributed by atoms with E-state index in [2.05, 4.69) is 44.8 Å². The lowest BCUT2D eigenvalue weighted by molar-refractivity contribution is 0.0947. The summed E-state index contributed by atoms with van der Waals surface area (Å²) in [7, 11) is 0. The van der Waals surface area contributed by atoms with Crippen molar-refractivity contribution in [1.29, 1.82) is 0 Å². The number of nitrogens with zero attached hydrogens (tertiary/aromatic N) is 4. The molecule has 0 aliphatic heterocycles. The number of amides is 1. The number of thioether (sulfide) groups is 1. The number of carbonyl (C=O) groups excluding carboxylic acids is 1. The van der Waals surface area contributed by atoms with Gasteiger partial charge in [0.2, 0.25) is 5.89 Å². The minimum absolute atomic E-state index is 0.164. The Labute approximate surface area is 275 Å². The van der Waals surface area contributed by atoms with E-state index in [0.717, 1.165) is 23.5 Å². The van der Waals surface area contributed by atoms with Gasteiger partial charge in [0.05, 0.1) is 21.5 Å². The molecule has 0 bridgehead atoms. The summed E-state index contributed by atoms with van der Waals surface area (Å²) >= 11 is 14.0. The van der Waals surface area contributed by atoms with E-state index in [-0.39, 0.29) is 17.5 Å². The Hall–Kier alpha value is -4.37. The molecule has 1 amide bonds. The van der Waals surface area contributed by atoms with E-state index in [0.29, 0.717) is 39.8 Å². The molecule has 2 heterocycles. The number of aromatic nitrogens is 4. The first kappa shape index (κ1) is 30.6. The standard InChI is InChI=1S/C35H29Cl2N5O2S/c36-29-17-16-27(21-30(29)37)42-32(20-24-10-4-1-5-11-24)40-41-35(42)45-23-33-39-31(22-44-33)34(43)38-19-18-28(25-12-6-2-7-13-25)26-14-8-3-9-15-26/h1-17,21-22,28H,18-20,23H2,(H,38,43). The van der Waals surface area contributed by atoms with Gasteiger partial charge in [0.25, 0.3) is 5.91 Å². The Morgan fingerprint density at radius 3 is 2.18 bits per heavy atom. The van der Waals surface area contributed by atoms with Crippen LogP contribution in [0.15, 0.2) is 125 Å². The zero-order valence-corrected chi connectivity index (χ0v) is 26.5. The smallest absolute Gasteiger partial charge is 0.273 e. The Balaban J connectivity index is 1.12. The van der Waals surface area contributed by atoms with Crippen molar-refractivity contribution in [3.05, 3.63) is 160 Å². The molecule has 0 saturated heterocycles. The number of nitrogens with one attached hydrogen (secondary N) is 1. The first-order valence-electron chi connectivity index (χ1n) is 14.4. The molecule has 0 saturated carbocycles. The van der Waals surface area contributed by atoms with Gasteiger partial charge in [-0.05, 0) is 41.3 Å². The fraction of sp³-hybridized carbons (Fsp3) is 0.143. The minimum Gasteiger partial charge on any atom is -0.447 e. The summed E-state index contributed by atoms with van der Waals surface area (Å²) < 4.78 is 7.62. The third-order valence-electron chi connectivity index (χ3n) is 7.30. The molecule has 0 spiro atoms. The van der Waals surface area contributed by atoms with Crippen LogP contribution in [0, 0.1) is 0 Å². The number of rotatable bonds is 12. The van der Waals surface area contributed by atoms with Gasteiger partial charge in [-0.3, -0.25) is 9.36 Å². The largest absolute Gasteiger partial charge is 0.447 e. The summed E-state index contributed by atoms with van der Waals surface area (Å²) in [6.45, 7) is 0.487. The highest BCUT2D eigenvalue weighted by Gasteiger charge is 2.19. The van der Waals surface area contributed by atoms with Crippen LogP contribution in [0.5, 0.6) is 0 Å². The number of hydrogen-bond donors (Lipinski definition) is 1. The third-order valence-corrected chi connectivity index (χ3v) is 8.95. The van der Waals surface area contributed by atoms with E-state index in [1.165, 1.54) is 29.2 Å². The molecule has 1 N–H and O–H groups in total. The van der Waals surface area contributed by atoms with Gasteiger partial charge in [-0.25, -0.2) is 4.98 Å². The monoisotopic (exact) mass is 653 g/mol. The fourth-order valence-corrected chi connectivity index (χ4v) is 6.21. The van der Waals surface area contributed by atoms with E-state index in [9.17, 15) is 4.79 Å². The molecule has 7 nitrogen and oxygen atoms in total. The van der Waals surface area contributed by atoms with Crippen LogP contribution in [0.4, 0.5) is 0 Å². The van der Waals surface area contributed by atoms with Gasteiger partial charge in [0.15, 0.2) is 10.9 Å². The Morgan fingerprint density at radius 2 is 1.51 bits per heavy atom. The predicted molar refractivity (Wildman–Crippen MR) is 178 cm³/mol. The fourth-order valence-electron chi connectivity index (χ4n) is 5.10. The van der Waals surface area contributed by atoms with Crippen molar-refractivity contribution in [2.45, 2.75) is 29.7 Å². The topological polar surface area (TPSA) is 85.8 Å². The molecule has 6 aromatic rings. The summed E-state index contributed by atoms with van der Waals surface area (Å²) in [4.78, 5) is 17.4. The maximum atomic E-state index is 13.0. The van der Waals surface area contributed by atoms with Crippen molar-refractivity contribution in [1.82, 2.24) is 25.1 Å². The van der Waals surface area contributed by atoms with E-state index in [4.69, 9.17) is 27.6 Å². The lowest BCUT2D eigenvalue weighted by Gasteiger charge is -2.18. The van der Waals surface area contributed by atoms with Crippen LogP contribution in [-0.4, -0.2) is 32.2 Å². The summed E-state index contributed by atoms with van der Waals surface area (Å²) in [6, 6.07) is 36.1. The first-order valence-corrected chi connectivity index (χ1v) is 16.2. The zero-order valence-electron chi connectivity index (χ0n) is 24.1. The van der Waals surface area contributed by atoms with Crippen molar-refractivity contribution in [3.8, 4) is 5.69 Å². The number of hydrogen-bond acceptors (Lipinski definition) is 6. The van der Waals surface area contributed by atoms with Crippen molar-refractivity contribution >= 4 is 40.9 Å². The molecule has 0 radical (unpaired) electrons. The van der Waals surface area contributed by atoms with Crippen molar-refractivity contribution in [2.75, 3.05) is 6.54 Å². The van der Waals surface area contributed by atoms with Crippen molar-refractivity contribution in [2.24, 2.45) is 0 Å².